The first-order valence-corrected chi connectivity index (χ1v) is 7.90. The van der Waals surface area contributed by atoms with E-state index in [0.717, 1.165) is 24.8 Å². The number of esters is 2. The van der Waals surface area contributed by atoms with Gasteiger partial charge in [0.1, 0.15) is 4.90 Å². The Morgan fingerprint density at radius 2 is 2.00 bits per heavy atom. The molecular weight excluding hydrogens is 326 g/mol. The van der Waals surface area contributed by atoms with E-state index in [0.29, 0.717) is 9.94 Å². The molecule has 9 heteroatoms. The van der Waals surface area contributed by atoms with Crippen LogP contribution in [0.25, 0.3) is 0 Å². The Morgan fingerprint density at radius 1 is 1.35 bits per heavy atom. The third-order valence-corrected chi connectivity index (χ3v) is 5.18. The van der Waals surface area contributed by atoms with Gasteiger partial charge in [0.05, 0.1) is 15.6 Å². The molecule has 1 aliphatic heterocycles. The summed E-state index contributed by atoms with van der Waals surface area (Å²) in [5, 5.41) is 0.361. The van der Waals surface area contributed by atoms with Crippen LogP contribution in [0.1, 0.15) is 24.2 Å². The molecule has 0 unspecified atom stereocenters. The van der Waals surface area contributed by atoms with Gasteiger partial charge in [0.2, 0.25) is 0 Å². The molecule has 0 aliphatic carbocycles. The van der Waals surface area contributed by atoms with E-state index < -0.39 is 22.0 Å². The van der Waals surface area contributed by atoms with Gasteiger partial charge in [0.15, 0.2) is 0 Å². The van der Waals surface area contributed by atoms with Crippen molar-refractivity contribution in [3.05, 3.63) is 22.7 Å². The lowest BCUT2D eigenvalue weighted by molar-refractivity contribution is -0.135. The second-order valence-electron chi connectivity index (χ2n) is 3.85. The second-order valence-corrected chi connectivity index (χ2v) is 7.06. The summed E-state index contributed by atoms with van der Waals surface area (Å²) in [5.41, 5.74) is -0.195. The van der Waals surface area contributed by atoms with Crippen LogP contribution in [-0.2, 0) is 19.6 Å². The molecule has 0 saturated heterocycles. The first-order chi connectivity index (χ1) is 9.20. The van der Waals surface area contributed by atoms with Crippen LogP contribution in [-0.4, -0.2) is 25.4 Å². The predicted molar refractivity (Wildman–Crippen MR) is 73.7 cm³/mol. The van der Waals surface area contributed by atoms with Crippen LogP contribution >= 0.6 is 23.4 Å². The maximum atomic E-state index is 11.9. The van der Waals surface area contributed by atoms with Gasteiger partial charge in [-0.2, -0.15) is 12.8 Å². The number of ether oxygens (including phenoxy) is 1. The number of nitrogens with zero attached hydrogens (tertiary/aromatic N) is 1. The van der Waals surface area contributed by atoms with Crippen LogP contribution in [0.5, 0.6) is 0 Å². The summed E-state index contributed by atoms with van der Waals surface area (Å²) >= 11 is 7.05. The van der Waals surface area contributed by atoms with Gasteiger partial charge in [-0.25, -0.2) is 4.79 Å². The molecule has 2 rings (SSSR count). The van der Waals surface area contributed by atoms with E-state index in [9.17, 15) is 18.0 Å². The number of halogens is 1. The monoisotopic (exact) mass is 333 g/mol. The largest absolute Gasteiger partial charge is 0.390 e. The molecule has 1 aliphatic rings. The molecular formula is C11H8ClNO5S2. The van der Waals surface area contributed by atoms with E-state index in [1.807, 2.05) is 0 Å². The minimum atomic E-state index is -3.88. The summed E-state index contributed by atoms with van der Waals surface area (Å²) in [6, 6.07) is 2.41. The number of hydrogen-bond acceptors (Lipinski definition) is 6. The summed E-state index contributed by atoms with van der Waals surface area (Å²) in [6.45, 7) is 2.61. The number of carbonyl (C=O) groups is 2. The van der Waals surface area contributed by atoms with Crippen LogP contribution in [0.3, 0.4) is 0 Å². The number of fused-ring (bicyclic) bond motifs is 1. The van der Waals surface area contributed by atoms with Gasteiger partial charge in [0.25, 0.3) is 10.0 Å². The Labute approximate surface area is 124 Å². The van der Waals surface area contributed by atoms with Crippen molar-refractivity contribution in [1.29, 1.82) is 0 Å². The molecule has 1 aromatic carbocycles. The molecule has 0 spiro atoms. The van der Waals surface area contributed by atoms with Crippen molar-refractivity contribution in [2.24, 2.45) is 4.40 Å². The Hall–Kier alpha value is -1.38. The molecule has 0 aromatic heterocycles. The number of rotatable bonds is 1. The highest BCUT2D eigenvalue weighted by Crippen LogP contribution is 2.37. The lowest BCUT2D eigenvalue weighted by atomic mass is 10.2. The fraction of sp³-hybridized carbons (Fsp3) is 0.182. The Balaban J connectivity index is 2.58. The molecule has 6 nitrogen and oxygen atoms in total. The minimum absolute atomic E-state index is 0.00685. The van der Waals surface area contributed by atoms with Crippen molar-refractivity contribution in [3.63, 3.8) is 0 Å². The van der Waals surface area contributed by atoms with Crippen molar-refractivity contribution in [2.75, 3.05) is 0 Å². The average Bonchev–Trinajstić information content (AvgIpc) is 2.24. The van der Waals surface area contributed by atoms with Gasteiger partial charge in [-0.1, -0.05) is 23.4 Å². The second kappa shape index (κ2) is 5.19. The molecule has 0 radical (unpaired) electrons. The van der Waals surface area contributed by atoms with Crippen LogP contribution in [0, 0.1) is 0 Å². The zero-order valence-electron chi connectivity index (χ0n) is 10.3. The SMILES string of the molecule is CC(=O)OC(=O)c1cc2c(cc1Cl)SC(C)=NS2(=O)=O. The first-order valence-electron chi connectivity index (χ1n) is 5.26. The third kappa shape index (κ3) is 2.87. The highest BCUT2D eigenvalue weighted by atomic mass is 35.5. The molecule has 1 aromatic rings. The van der Waals surface area contributed by atoms with Crippen molar-refractivity contribution in [3.8, 4) is 0 Å². The Morgan fingerprint density at radius 3 is 2.60 bits per heavy atom. The molecule has 0 atom stereocenters. The van der Waals surface area contributed by atoms with Crippen LogP contribution in [0.2, 0.25) is 5.02 Å². The Kier molecular flexibility index (Phi) is 3.90. The minimum Gasteiger partial charge on any atom is -0.390 e. The van der Waals surface area contributed by atoms with Gasteiger partial charge in [-0.3, -0.25) is 4.79 Å². The number of benzene rings is 1. The van der Waals surface area contributed by atoms with Crippen LogP contribution in [0.4, 0.5) is 0 Å². The summed E-state index contributed by atoms with van der Waals surface area (Å²) in [7, 11) is -3.88. The molecule has 0 saturated carbocycles. The van der Waals surface area contributed by atoms with Crippen molar-refractivity contribution < 1.29 is 22.7 Å². The zero-order valence-corrected chi connectivity index (χ0v) is 12.7. The standard InChI is InChI=1S/C11H8ClNO5S2/c1-5-13-20(16,17)10-3-7(11(15)18-6(2)14)8(12)4-9(10)19-5/h3-4H,1-2H3. The van der Waals surface area contributed by atoms with E-state index in [2.05, 4.69) is 9.13 Å². The van der Waals surface area contributed by atoms with Gasteiger partial charge < -0.3 is 4.74 Å². The van der Waals surface area contributed by atoms with Crippen molar-refractivity contribution in [1.82, 2.24) is 0 Å². The number of thioether (sulfide) groups is 1. The van der Waals surface area contributed by atoms with Crippen molar-refractivity contribution >= 4 is 50.4 Å². The Bertz CT molecular complexity index is 754. The fourth-order valence-corrected chi connectivity index (χ4v) is 4.42. The normalized spacial score (nSPS) is 16.1. The van der Waals surface area contributed by atoms with E-state index in [1.165, 1.54) is 6.07 Å². The number of hydrogen-bond donors (Lipinski definition) is 0. The molecule has 20 heavy (non-hydrogen) atoms. The summed E-state index contributed by atoms with van der Waals surface area (Å²) in [5.74, 6) is -1.81. The van der Waals surface area contributed by atoms with E-state index >= 15 is 0 Å². The van der Waals surface area contributed by atoms with Gasteiger partial charge in [-0.05, 0) is 19.1 Å². The summed E-state index contributed by atoms with van der Waals surface area (Å²) in [6.07, 6.45) is 0. The maximum Gasteiger partial charge on any atom is 0.347 e. The predicted octanol–water partition coefficient (Wildman–Crippen LogP) is 2.26. The van der Waals surface area contributed by atoms with Gasteiger partial charge >= 0.3 is 11.9 Å². The highest BCUT2D eigenvalue weighted by Gasteiger charge is 2.28. The molecule has 0 amide bonds. The number of carbonyl (C=O) groups excluding carboxylic acids is 2. The van der Waals surface area contributed by atoms with Crippen molar-refractivity contribution in [2.45, 2.75) is 23.6 Å². The molecule has 1 heterocycles. The van der Waals surface area contributed by atoms with E-state index in [4.69, 9.17) is 11.6 Å². The smallest absolute Gasteiger partial charge is 0.347 e. The summed E-state index contributed by atoms with van der Waals surface area (Å²) in [4.78, 5) is 22.7. The maximum absolute atomic E-state index is 11.9. The highest BCUT2D eigenvalue weighted by molar-refractivity contribution is 8.15. The lowest BCUT2D eigenvalue weighted by Gasteiger charge is -2.15. The third-order valence-electron chi connectivity index (χ3n) is 2.27. The topological polar surface area (TPSA) is 89.9 Å². The number of sulfonamides is 1. The zero-order chi connectivity index (χ0) is 15.1. The molecule has 0 fully saturated rings. The van der Waals surface area contributed by atoms with Gasteiger partial charge in [0, 0.05) is 11.8 Å². The van der Waals surface area contributed by atoms with Crippen LogP contribution in [0.15, 0.2) is 26.3 Å². The fourth-order valence-electron chi connectivity index (χ4n) is 1.55. The first kappa shape index (κ1) is 15.0. The average molecular weight is 334 g/mol. The lowest BCUT2D eigenvalue weighted by Crippen LogP contribution is -2.13. The van der Waals surface area contributed by atoms with E-state index in [-0.39, 0.29) is 15.5 Å². The quantitative estimate of drug-likeness (QED) is 0.578. The van der Waals surface area contributed by atoms with Crippen LogP contribution < -0.4 is 0 Å². The molecule has 0 N–H and O–H groups in total. The van der Waals surface area contributed by atoms with E-state index in [1.54, 1.807) is 6.92 Å². The van der Waals surface area contributed by atoms with Gasteiger partial charge in [-0.15, -0.1) is 0 Å². The molecule has 0 bridgehead atoms. The molecule has 106 valence electrons. The summed E-state index contributed by atoms with van der Waals surface area (Å²) < 4.78 is 31.8.